The van der Waals surface area contributed by atoms with Gasteiger partial charge in [0.25, 0.3) is 0 Å². The smallest absolute Gasteiger partial charge is 0.493 e. The van der Waals surface area contributed by atoms with Crippen LogP contribution in [-0.4, -0.2) is 4.70 Å². The predicted molar refractivity (Wildman–Crippen MR) is 252 cm³/mol. The van der Waals surface area contributed by atoms with Crippen LogP contribution in [0.4, 0.5) is 0 Å². The van der Waals surface area contributed by atoms with Crippen LogP contribution in [0.5, 0.6) is 0 Å². The summed E-state index contributed by atoms with van der Waals surface area (Å²) >= 11 is 0. The Labute approximate surface area is 366 Å². The van der Waals surface area contributed by atoms with Crippen LogP contribution in [0.25, 0.3) is 16.9 Å². The third-order valence-corrected chi connectivity index (χ3v) is 11.4. The number of allylic oxidation sites excluding steroid dienone is 2. The summed E-state index contributed by atoms with van der Waals surface area (Å²) in [6.07, 6.45) is 30.9. The zero-order chi connectivity index (χ0) is 41.7. The van der Waals surface area contributed by atoms with Crippen molar-refractivity contribution in [1.82, 2.24) is 0 Å². The maximum Gasteiger partial charge on any atom is 2.00 e. The third-order valence-electron chi connectivity index (χ3n) is 11.4. The molecule has 0 atom stereocenters. The van der Waals surface area contributed by atoms with Crippen molar-refractivity contribution < 1.29 is 21.2 Å². The van der Waals surface area contributed by atoms with Gasteiger partial charge in [0, 0.05) is 22.3 Å². The fraction of sp³-hybridized carbons (Fsp3) is 0.667. The third kappa shape index (κ3) is 18.0. The zero-order valence-corrected chi connectivity index (χ0v) is 40.3. The van der Waals surface area contributed by atoms with E-state index in [1.807, 2.05) is 0 Å². The molecule has 0 spiro atoms. The van der Waals surface area contributed by atoms with Crippen LogP contribution in [0.15, 0.2) is 35.4 Å². The van der Waals surface area contributed by atoms with Gasteiger partial charge in [-0.2, -0.15) is 12.8 Å². The first-order chi connectivity index (χ1) is 27.3. The number of nitrogens with zero attached hydrogens (tertiary/aromatic N) is 2. The maximum absolute atomic E-state index is 12.3. The SMILES string of the molecule is CCCCCC1=C(c2cc(CCC)c(CCC)c(CCC)c2)[N+](=[N-])C(c2cc(CC)c(CC)c(CC)c2)=C1CCCC.[CH2-]CCCCCC.[CH2-]CCCCCC.[Ni+2]. The monoisotopic (exact) mass is 825 g/mol. The zero-order valence-electron chi connectivity index (χ0n) is 39.3. The first-order valence-corrected chi connectivity index (χ1v) is 24.1. The van der Waals surface area contributed by atoms with Crippen molar-refractivity contribution in [3.63, 3.8) is 0 Å². The van der Waals surface area contributed by atoms with E-state index in [-0.39, 0.29) is 16.5 Å². The van der Waals surface area contributed by atoms with E-state index >= 15 is 0 Å². The molecule has 2 aromatic carbocycles. The minimum atomic E-state index is 0. The fourth-order valence-corrected chi connectivity index (χ4v) is 8.41. The molecule has 0 N–H and O–H groups in total. The van der Waals surface area contributed by atoms with Gasteiger partial charge < -0.3 is 19.4 Å². The topological polar surface area (TPSA) is 25.3 Å². The van der Waals surface area contributed by atoms with Gasteiger partial charge in [0.15, 0.2) is 0 Å². The van der Waals surface area contributed by atoms with Gasteiger partial charge in [0.1, 0.15) is 0 Å². The second-order valence-corrected chi connectivity index (χ2v) is 16.2. The Kier molecular flexibility index (Phi) is 32.6. The van der Waals surface area contributed by atoms with E-state index in [4.69, 9.17) is 0 Å². The van der Waals surface area contributed by atoms with Crippen LogP contribution in [0.1, 0.15) is 242 Å². The van der Waals surface area contributed by atoms with Gasteiger partial charge in [-0.1, -0.05) is 159 Å². The molecule has 0 bridgehead atoms. The molecule has 1 aliphatic heterocycles. The van der Waals surface area contributed by atoms with E-state index in [0.29, 0.717) is 0 Å². The van der Waals surface area contributed by atoms with Crippen LogP contribution < -0.4 is 0 Å². The number of hydrogen-bond donors (Lipinski definition) is 0. The Morgan fingerprint density at radius 2 is 0.789 bits per heavy atom. The quantitative estimate of drug-likeness (QED) is 0.0391. The van der Waals surface area contributed by atoms with Crippen molar-refractivity contribution in [3.05, 3.63) is 99.3 Å². The molecule has 0 unspecified atom stereocenters. The van der Waals surface area contributed by atoms with Crippen LogP contribution in [0.2, 0.25) is 0 Å². The van der Waals surface area contributed by atoms with Crippen molar-refractivity contribution in [2.24, 2.45) is 0 Å². The summed E-state index contributed by atoms with van der Waals surface area (Å²) in [7, 11) is 0. The Balaban J connectivity index is 0.00000178. The average Bonchev–Trinajstić information content (AvgIpc) is 3.48. The van der Waals surface area contributed by atoms with Gasteiger partial charge in [-0.15, -0.1) is 0 Å². The van der Waals surface area contributed by atoms with Crippen LogP contribution >= 0.6 is 0 Å². The van der Waals surface area contributed by atoms with E-state index in [0.717, 1.165) is 101 Å². The van der Waals surface area contributed by atoms with Crippen molar-refractivity contribution in [3.8, 4) is 0 Å². The number of benzene rings is 2. The summed E-state index contributed by atoms with van der Waals surface area (Å²) in [6, 6.07) is 9.68. The summed E-state index contributed by atoms with van der Waals surface area (Å²) in [5, 5.41) is 0. The van der Waals surface area contributed by atoms with Crippen molar-refractivity contribution >= 4 is 11.4 Å². The minimum absolute atomic E-state index is 0. The second kappa shape index (κ2) is 33.8. The second-order valence-electron chi connectivity index (χ2n) is 16.2. The van der Waals surface area contributed by atoms with Crippen LogP contribution in [0.3, 0.4) is 0 Å². The van der Waals surface area contributed by atoms with Gasteiger partial charge in [-0.25, -0.2) is 4.70 Å². The summed E-state index contributed by atoms with van der Waals surface area (Å²) in [5.41, 5.74) is 28.5. The molecule has 3 rings (SSSR count). The fourth-order valence-electron chi connectivity index (χ4n) is 8.41. The largest absolute Gasteiger partial charge is 2.00 e. The maximum atomic E-state index is 12.3. The molecule has 1 aliphatic rings. The summed E-state index contributed by atoms with van der Waals surface area (Å²) in [6.45, 7) is 30.3. The summed E-state index contributed by atoms with van der Waals surface area (Å²) < 4.78 is 1.63. The molecule has 0 fully saturated rings. The van der Waals surface area contributed by atoms with Gasteiger partial charge in [0.05, 0.1) is 0 Å². The standard InChI is InChI=1S/C40H60N2.2C7H15.Ni/c1-9-17-19-24-38-37(23-18-10-2)39(33-25-29(14-6)35(16-8)30(15-7)26-33)42(41)40(38)34-27-31(20-11-3)36(22-13-5)32(28-34)21-12-4;2*1-3-5-7-6-4-2;/h25-28H,9-24H2,1-8H3;2*1,3-7H2,2H3;/q;2*-1;+2. The van der Waals surface area contributed by atoms with Crippen molar-refractivity contribution in [2.45, 2.75) is 236 Å². The normalized spacial score (nSPS) is 12.4. The molecular formula is C54H90N2Ni. The van der Waals surface area contributed by atoms with Crippen LogP contribution in [0, 0.1) is 13.8 Å². The molecule has 0 amide bonds. The van der Waals surface area contributed by atoms with E-state index in [1.54, 1.807) is 10.3 Å². The molecule has 0 saturated carbocycles. The van der Waals surface area contributed by atoms with Crippen LogP contribution in [-0.2, 0) is 55.0 Å². The molecule has 3 heteroatoms. The van der Waals surface area contributed by atoms with Gasteiger partial charge in [-0.05, 0) is 122 Å². The Morgan fingerprint density at radius 1 is 0.404 bits per heavy atom. The molecule has 0 saturated heterocycles. The van der Waals surface area contributed by atoms with Gasteiger partial charge in [-0.3, -0.25) is 0 Å². The Bertz CT molecular complexity index is 1370. The molecular weight excluding hydrogens is 735 g/mol. The van der Waals surface area contributed by atoms with E-state index in [9.17, 15) is 5.53 Å². The Morgan fingerprint density at radius 3 is 1.14 bits per heavy atom. The summed E-state index contributed by atoms with van der Waals surface area (Å²) in [5.74, 6) is 0. The minimum Gasteiger partial charge on any atom is -0.493 e. The molecule has 0 aliphatic carbocycles. The molecule has 57 heavy (non-hydrogen) atoms. The van der Waals surface area contributed by atoms with E-state index < -0.39 is 0 Å². The molecule has 2 nitrogen and oxygen atoms in total. The Hall–Kier alpha value is -1.99. The molecule has 2 aromatic rings. The summed E-state index contributed by atoms with van der Waals surface area (Å²) in [4.78, 5) is 0. The molecule has 0 radical (unpaired) electrons. The molecule has 0 aromatic heterocycles. The number of unbranched alkanes of at least 4 members (excludes halogenated alkanes) is 11. The molecule has 1 heterocycles. The average molecular weight is 826 g/mol. The molecule has 326 valence electrons. The number of hydrogen-bond acceptors (Lipinski definition) is 0. The van der Waals surface area contributed by atoms with E-state index in [1.165, 1.54) is 127 Å². The van der Waals surface area contributed by atoms with Gasteiger partial charge >= 0.3 is 16.5 Å². The van der Waals surface area contributed by atoms with E-state index in [2.05, 4.69) is 107 Å². The van der Waals surface area contributed by atoms with Crippen molar-refractivity contribution in [2.75, 3.05) is 0 Å². The number of aryl methyl sites for hydroxylation is 4. The first kappa shape index (κ1) is 55.0. The van der Waals surface area contributed by atoms with Gasteiger partial charge in [0.2, 0.25) is 11.4 Å². The first-order valence-electron chi connectivity index (χ1n) is 24.1. The number of rotatable bonds is 26. The van der Waals surface area contributed by atoms with Crippen molar-refractivity contribution in [1.29, 1.82) is 0 Å². The predicted octanol–water partition coefficient (Wildman–Crippen LogP) is 17.8.